The Morgan fingerprint density at radius 1 is 1.07 bits per heavy atom. The first-order valence-electron chi connectivity index (χ1n) is 9.50. The monoisotopic (exact) mass is 392 g/mol. The number of hydrogen-bond donors (Lipinski definition) is 2. The lowest BCUT2D eigenvalue weighted by molar-refractivity contribution is 0.269. The molecule has 7 heteroatoms. The fourth-order valence-corrected chi connectivity index (χ4v) is 2.64. The Balaban J connectivity index is 1.69. The Labute approximate surface area is 169 Å². The van der Waals surface area contributed by atoms with Crippen molar-refractivity contribution in [1.29, 1.82) is 0 Å². The minimum Gasteiger partial charge on any atom is -0.490 e. The molecular weight excluding hydrogens is 368 g/mol. The molecule has 0 aliphatic heterocycles. The highest BCUT2D eigenvalue weighted by Crippen LogP contribution is 2.28. The van der Waals surface area contributed by atoms with E-state index in [0.29, 0.717) is 42.8 Å². The number of hydrazone groups is 1. The van der Waals surface area contributed by atoms with Crippen LogP contribution in [-0.2, 0) is 13.0 Å². The molecule has 0 unspecified atom stereocenters. The number of aromatic amines is 1. The number of aromatic nitrogens is 2. The Kier molecular flexibility index (Phi) is 7.00. The summed E-state index contributed by atoms with van der Waals surface area (Å²) in [5, 5.41) is 4.15. The smallest absolute Gasteiger partial charge is 0.252 e. The Bertz CT molecular complexity index is 1020. The summed E-state index contributed by atoms with van der Waals surface area (Å²) in [6.07, 6.45) is 2.30. The van der Waals surface area contributed by atoms with Crippen LogP contribution in [0.2, 0.25) is 0 Å². The molecule has 1 aromatic heterocycles. The molecule has 0 saturated heterocycles. The van der Waals surface area contributed by atoms with Crippen LogP contribution in [0.3, 0.4) is 0 Å². The van der Waals surface area contributed by atoms with Crippen molar-refractivity contribution >= 4 is 12.2 Å². The van der Waals surface area contributed by atoms with Gasteiger partial charge in [-0.1, -0.05) is 37.3 Å². The van der Waals surface area contributed by atoms with E-state index in [1.807, 2.05) is 62.4 Å². The first kappa shape index (κ1) is 20.1. The highest BCUT2D eigenvalue weighted by atomic mass is 16.5. The third-order valence-corrected chi connectivity index (χ3v) is 4.05. The predicted molar refractivity (Wildman–Crippen MR) is 114 cm³/mol. The first-order chi connectivity index (χ1) is 14.2. The second-order valence-corrected chi connectivity index (χ2v) is 6.22. The standard InChI is InChI=1S/C22H24N4O3/c1-3-18-13-21(27)25-22(24-18)26-23-14-17-10-11-19(20(12-17)28-4-2)29-15-16-8-6-5-7-9-16/h5-14H,3-4,15H2,1-2H3,(H2,24,25,26,27)/b23-14-. The highest BCUT2D eigenvalue weighted by molar-refractivity contribution is 5.81. The Morgan fingerprint density at radius 3 is 2.66 bits per heavy atom. The van der Waals surface area contributed by atoms with Crippen molar-refractivity contribution in [2.75, 3.05) is 12.0 Å². The maximum Gasteiger partial charge on any atom is 0.252 e. The minimum atomic E-state index is -0.215. The van der Waals surface area contributed by atoms with Gasteiger partial charge in [0.15, 0.2) is 11.5 Å². The summed E-state index contributed by atoms with van der Waals surface area (Å²) in [5.74, 6) is 1.62. The van der Waals surface area contributed by atoms with Crippen molar-refractivity contribution in [1.82, 2.24) is 9.97 Å². The molecule has 29 heavy (non-hydrogen) atoms. The van der Waals surface area contributed by atoms with E-state index in [0.717, 1.165) is 11.1 Å². The van der Waals surface area contributed by atoms with Crippen LogP contribution < -0.4 is 20.5 Å². The van der Waals surface area contributed by atoms with Crippen LogP contribution >= 0.6 is 0 Å². The third kappa shape index (κ3) is 5.93. The van der Waals surface area contributed by atoms with E-state index in [2.05, 4.69) is 20.5 Å². The summed E-state index contributed by atoms with van der Waals surface area (Å²) in [5.41, 5.74) is 5.14. The number of ether oxygens (including phenoxy) is 2. The SMILES string of the molecule is CCOc1cc(/C=N\Nc2nc(CC)cc(=O)[nH]2)ccc1OCc1ccccc1. The van der Waals surface area contributed by atoms with E-state index in [1.165, 1.54) is 6.07 Å². The Hall–Kier alpha value is -3.61. The highest BCUT2D eigenvalue weighted by Gasteiger charge is 2.06. The van der Waals surface area contributed by atoms with Crippen molar-refractivity contribution in [3.05, 3.63) is 81.8 Å². The van der Waals surface area contributed by atoms with Gasteiger partial charge in [0, 0.05) is 11.8 Å². The number of hydrogen-bond acceptors (Lipinski definition) is 6. The maximum atomic E-state index is 11.6. The van der Waals surface area contributed by atoms with Gasteiger partial charge in [-0.05, 0) is 42.7 Å². The van der Waals surface area contributed by atoms with E-state index in [1.54, 1.807) is 6.21 Å². The normalized spacial score (nSPS) is 10.8. The van der Waals surface area contributed by atoms with Crippen molar-refractivity contribution in [3.8, 4) is 11.5 Å². The van der Waals surface area contributed by atoms with Crippen molar-refractivity contribution in [3.63, 3.8) is 0 Å². The van der Waals surface area contributed by atoms with Crippen LogP contribution in [0.4, 0.5) is 5.95 Å². The number of aryl methyl sites for hydroxylation is 1. The van der Waals surface area contributed by atoms with E-state index >= 15 is 0 Å². The molecule has 0 bridgehead atoms. The van der Waals surface area contributed by atoms with Gasteiger partial charge in [-0.15, -0.1) is 0 Å². The van der Waals surface area contributed by atoms with Gasteiger partial charge < -0.3 is 9.47 Å². The minimum absolute atomic E-state index is 0.215. The first-order valence-corrected chi connectivity index (χ1v) is 9.50. The molecule has 2 aromatic carbocycles. The molecule has 0 fully saturated rings. The van der Waals surface area contributed by atoms with Crippen LogP contribution in [0, 0.1) is 0 Å². The van der Waals surface area contributed by atoms with Gasteiger partial charge in [0.2, 0.25) is 5.95 Å². The lowest BCUT2D eigenvalue weighted by atomic mass is 10.2. The number of nitrogens with zero attached hydrogens (tertiary/aromatic N) is 2. The summed E-state index contributed by atoms with van der Waals surface area (Å²) in [7, 11) is 0. The van der Waals surface area contributed by atoms with E-state index < -0.39 is 0 Å². The molecule has 3 rings (SSSR count). The van der Waals surface area contributed by atoms with Crippen LogP contribution in [0.5, 0.6) is 11.5 Å². The van der Waals surface area contributed by atoms with Crippen molar-refractivity contribution < 1.29 is 9.47 Å². The van der Waals surface area contributed by atoms with E-state index in [-0.39, 0.29) is 5.56 Å². The number of nitrogens with one attached hydrogen (secondary N) is 2. The predicted octanol–water partition coefficient (Wildman–Crippen LogP) is 3.76. The molecule has 0 amide bonds. The largest absolute Gasteiger partial charge is 0.490 e. The fourth-order valence-electron chi connectivity index (χ4n) is 2.64. The topological polar surface area (TPSA) is 88.6 Å². The third-order valence-electron chi connectivity index (χ3n) is 4.05. The zero-order valence-electron chi connectivity index (χ0n) is 16.5. The number of benzene rings is 2. The zero-order valence-corrected chi connectivity index (χ0v) is 16.5. The van der Waals surface area contributed by atoms with Crippen molar-refractivity contribution in [2.45, 2.75) is 26.9 Å². The van der Waals surface area contributed by atoms with Crippen LogP contribution in [0.1, 0.15) is 30.7 Å². The summed E-state index contributed by atoms with van der Waals surface area (Å²) in [4.78, 5) is 18.5. The molecular formula is C22H24N4O3. The molecule has 3 aromatic rings. The average molecular weight is 392 g/mol. The summed E-state index contributed by atoms with van der Waals surface area (Å²) < 4.78 is 11.6. The lowest BCUT2D eigenvalue weighted by Gasteiger charge is -2.12. The van der Waals surface area contributed by atoms with Gasteiger partial charge in [0.05, 0.1) is 12.8 Å². The van der Waals surface area contributed by atoms with Crippen molar-refractivity contribution in [2.24, 2.45) is 5.10 Å². The fraction of sp³-hybridized carbons (Fsp3) is 0.227. The molecule has 7 nitrogen and oxygen atoms in total. The quantitative estimate of drug-likeness (QED) is 0.428. The molecule has 0 saturated carbocycles. The van der Waals surface area contributed by atoms with E-state index in [9.17, 15) is 4.79 Å². The summed E-state index contributed by atoms with van der Waals surface area (Å²) in [6, 6.07) is 17.0. The summed E-state index contributed by atoms with van der Waals surface area (Å²) in [6.45, 7) is 4.84. The van der Waals surface area contributed by atoms with E-state index in [4.69, 9.17) is 9.47 Å². The second kappa shape index (κ2) is 10.1. The molecule has 0 atom stereocenters. The zero-order chi connectivity index (χ0) is 20.5. The van der Waals surface area contributed by atoms with Gasteiger partial charge >= 0.3 is 0 Å². The summed E-state index contributed by atoms with van der Waals surface area (Å²) >= 11 is 0. The number of H-pyrrole nitrogens is 1. The Morgan fingerprint density at radius 2 is 1.90 bits per heavy atom. The average Bonchev–Trinajstić information content (AvgIpc) is 2.74. The number of rotatable bonds is 9. The second-order valence-electron chi connectivity index (χ2n) is 6.22. The van der Waals surface area contributed by atoms with Crippen LogP contribution in [0.15, 0.2) is 64.5 Å². The van der Waals surface area contributed by atoms with Gasteiger partial charge in [-0.3, -0.25) is 9.78 Å². The molecule has 1 heterocycles. The van der Waals surface area contributed by atoms with Gasteiger partial charge in [0.25, 0.3) is 5.56 Å². The lowest BCUT2D eigenvalue weighted by Crippen LogP contribution is -2.11. The van der Waals surface area contributed by atoms with Crippen LogP contribution in [-0.4, -0.2) is 22.8 Å². The molecule has 0 spiro atoms. The van der Waals surface area contributed by atoms with Gasteiger partial charge in [-0.2, -0.15) is 5.10 Å². The van der Waals surface area contributed by atoms with Gasteiger partial charge in [-0.25, -0.2) is 10.4 Å². The van der Waals surface area contributed by atoms with Gasteiger partial charge in [0.1, 0.15) is 6.61 Å². The molecule has 0 aliphatic carbocycles. The molecule has 2 N–H and O–H groups in total. The number of anilines is 1. The van der Waals surface area contributed by atoms with Crippen LogP contribution in [0.25, 0.3) is 0 Å². The molecule has 150 valence electrons. The maximum absolute atomic E-state index is 11.6. The molecule has 0 radical (unpaired) electrons. The molecule has 0 aliphatic rings.